The predicted octanol–water partition coefficient (Wildman–Crippen LogP) is -1.41. The number of carbonyl (C=O) groups excluding carboxylic acids is 1. The van der Waals surface area contributed by atoms with Crippen molar-refractivity contribution in [1.29, 1.82) is 0 Å². The van der Waals surface area contributed by atoms with Gasteiger partial charge >= 0.3 is 0 Å². The Bertz CT molecular complexity index is 350. The van der Waals surface area contributed by atoms with Crippen molar-refractivity contribution in [1.82, 2.24) is 20.1 Å². The topological polar surface area (TPSA) is 108 Å². The number of hydrogen-bond donors (Lipinski definition) is 3. The molecule has 1 unspecified atom stereocenters. The van der Waals surface area contributed by atoms with E-state index in [2.05, 4.69) is 15.2 Å². The third-order valence-electron chi connectivity index (χ3n) is 2.16. The lowest BCUT2D eigenvalue weighted by Gasteiger charge is -2.12. The summed E-state index contributed by atoms with van der Waals surface area (Å²) in [7, 11) is 0. The molecule has 1 amide bonds. The van der Waals surface area contributed by atoms with E-state index in [4.69, 9.17) is 5.73 Å². The Hall–Kier alpha value is -1.63. The molecule has 0 saturated carbocycles. The van der Waals surface area contributed by atoms with Crippen LogP contribution in [0.15, 0.2) is 0 Å². The van der Waals surface area contributed by atoms with E-state index in [1.807, 2.05) is 0 Å². The molecule has 4 N–H and O–H groups in total. The summed E-state index contributed by atoms with van der Waals surface area (Å²) in [6.07, 6.45) is 0.175. The molecule has 1 fully saturated rings. The van der Waals surface area contributed by atoms with Gasteiger partial charge in [-0.3, -0.25) is 9.89 Å². The Morgan fingerprint density at radius 2 is 2.50 bits per heavy atom. The highest BCUT2D eigenvalue weighted by Crippen LogP contribution is 2.11. The van der Waals surface area contributed by atoms with Gasteiger partial charge in [0.2, 0.25) is 11.8 Å². The van der Waals surface area contributed by atoms with Gasteiger partial charge < -0.3 is 15.7 Å². The Kier molecular flexibility index (Phi) is 2.08. The van der Waals surface area contributed by atoms with E-state index >= 15 is 0 Å². The van der Waals surface area contributed by atoms with Gasteiger partial charge in [-0.15, -0.1) is 5.10 Å². The number of aliphatic hydroxyl groups is 1. The fourth-order valence-corrected chi connectivity index (χ4v) is 1.45. The lowest BCUT2D eigenvalue weighted by atomic mass is 10.3. The van der Waals surface area contributed by atoms with Crippen LogP contribution in [0, 0.1) is 0 Å². The van der Waals surface area contributed by atoms with Crippen molar-refractivity contribution in [3.63, 3.8) is 0 Å². The van der Waals surface area contributed by atoms with Gasteiger partial charge in [0.05, 0.1) is 6.10 Å². The summed E-state index contributed by atoms with van der Waals surface area (Å²) in [5.74, 6) is -0.101. The quantitative estimate of drug-likeness (QED) is 0.512. The largest absolute Gasteiger partial charge is 0.391 e. The van der Waals surface area contributed by atoms with Crippen LogP contribution in [-0.2, 0) is 0 Å². The highest BCUT2D eigenvalue weighted by Gasteiger charge is 2.27. The van der Waals surface area contributed by atoms with E-state index in [1.54, 1.807) is 0 Å². The van der Waals surface area contributed by atoms with Gasteiger partial charge in [0.1, 0.15) is 0 Å². The number of aromatic nitrogens is 3. The molecule has 1 saturated heterocycles. The van der Waals surface area contributed by atoms with Crippen LogP contribution in [0.5, 0.6) is 0 Å². The first-order chi connectivity index (χ1) is 6.66. The van der Waals surface area contributed by atoms with Gasteiger partial charge in [0.15, 0.2) is 0 Å². The lowest BCUT2D eigenvalue weighted by Crippen LogP contribution is -2.30. The second kappa shape index (κ2) is 3.26. The average Bonchev–Trinajstić information content (AvgIpc) is 2.73. The highest BCUT2D eigenvalue weighted by molar-refractivity contribution is 5.90. The van der Waals surface area contributed by atoms with Gasteiger partial charge in [-0.05, 0) is 6.42 Å². The van der Waals surface area contributed by atoms with E-state index in [-0.39, 0.29) is 17.7 Å². The number of nitrogens with two attached hydrogens (primary N) is 1. The molecule has 7 heteroatoms. The molecular weight excluding hydrogens is 186 g/mol. The molecule has 0 bridgehead atoms. The number of nitrogens with zero attached hydrogens (tertiary/aromatic N) is 3. The van der Waals surface area contributed by atoms with Crippen LogP contribution in [0.4, 0.5) is 5.95 Å². The smallest absolute Gasteiger partial charge is 0.291 e. The predicted molar refractivity (Wildman–Crippen MR) is 47.3 cm³/mol. The van der Waals surface area contributed by atoms with Gasteiger partial charge in [-0.2, -0.15) is 4.98 Å². The first kappa shape index (κ1) is 8.95. The molecule has 2 rings (SSSR count). The van der Waals surface area contributed by atoms with Crippen LogP contribution in [-0.4, -0.2) is 50.3 Å². The fourth-order valence-electron chi connectivity index (χ4n) is 1.45. The fraction of sp³-hybridized carbons (Fsp3) is 0.571. The SMILES string of the molecule is Nc1n[nH]c(C(=O)N2CCC(O)C2)n1. The van der Waals surface area contributed by atoms with Crippen LogP contribution < -0.4 is 5.73 Å². The van der Waals surface area contributed by atoms with Crippen LogP contribution in [0.1, 0.15) is 17.0 Å². The molecular formula is C7H11N5O2. The Morgan fingerprint density at radius 1 is 1.71 bits per heavy atom. The monoisotopic (exact) mass is 197 g/mol. The van der Waals surface area contributed by atoms with E-state index in [9.17, 15) is 9.90 Å². The summed E-state index contributed by atoms with van der Waals surface area (Å²) >= 11 is 0. The zero-order chi connectivity index (χ0) is 10.1. The molecule has 1 aliphatic heterocycles. The first-order valence-electron chi connectivity index (χ1n) is 4.32. The minimum atomic E-state index is -0.431. The number of anilines is 1. The minimum Gasteiger partial charge on any atom is -0.391 e. The summed E-state index contributed by atoms with van der Waals surface area (Å²) in [4.78, 5) is 16.9. The number of rotatable bonds is 1. The number of carbonyl (C=O) groups is 1. The van der Waals surface area contributed by atoms with Crippen LogP contribution in [0.2, 0.25) is 0 Å². The van der Waals surface area contributed by atoms with Gasteiger partial charge in [-0.25, -0.2) is 0 Å². The van der Waals surface area contributed by atoms with Crippen molar-refractivity contribution in [2.75, 3.05) is 18.8 Å². The molecule has 1 aliphatic rings. The number of nitrogen functional groups attached to an aromatic ring is 1. The average molecular weight is 197 g/mol. The van der Waals surface area contributed by atoms with Crippen molar-refractivity contribution < 1.29 is 9.90 Å². The van der Waals surface area contributed by atoms with Gasteiger partial charge in [-0.1, -0.05) is 0 Å². The van der Waals surface area contributed by atoms with Crippen molar-refractivity contribution in [3.8, 4) is 0 Å². The zero-order valence-electron chi connectivity index (χ0n) is 7.47. The zero-order valence-corrected chi connectivity index (χ0v) is 7.47. The molecule has 1 aromatic rings. The second-order valence-electron chi connectivity index (χ2n) is 3.24. The normalized spacial score (nSPS) is 21.5. The molecule has 14 heavy (non-hydrogen) atoms. The number of aromatic amines is 1. The van der Waals surface area contributed by atoms with Gasteiger partial charge in [0, 0.05) is 13.1 Å². The van der Waals surface area contributed by atoms with Crippen molar-refractivity contribution in [3.05, 3.63) is 5.82 Å². The summed E-state index contributed by atoms with van der Waals surface area (Å²) in [5.41, 5.74) is 5.27. The van der Waals surface area contributed by atoms with E-state index < -0.39 is 6.10 Å². The summed E-state index contributed by atoms with van der Waals surface area (Å²) < 4.78 is 0. The van der Waals surface area contributed by atoms with E-state index in [0.717, 1.165) is 0 Å². The molecule has 1 atom stereocenters. The van der Waals surface area contributed by atoms with Crippen LogP contribution >= 0.6 is 0 Å². The molecule has 7 nitrogen and oxygen atoms in total. The van der Waals surface area contributed by atoms with Gasteiger partial charge in [0.25, 0.3) is 5.91 Å². The van der Waals surface area contributed by atoms with Crippen LogP contribution in [0.3, 0.4) is 0 Å². The molecule has 2 heterocycles. The first-order valence-corrected chi connectivity index (χ1v) is 4.32. The molecule has 0 aromatic carbocycles. The highest BCUT2D eigenvalue weighted by atomic mass is 16.3. The van der Waals surface area contributed by atoms with Crippen molar-refractivity contribution >= 4 is 11.9 Å². The maximum Gasteiger partial charge on any atom is 0.291 e. The summed E-state index contributed by atoms with van der Waals surface area (Å²) in [6.45, 7) is 0.889. The Morgan fingerprint density at radius 3 is 3.00 bits per heavy atom. The molecule has 1 aromatic heterocycles. The second-order valence-corrected chi connectivity index (χ2v) is 3.24. The third-order valence-corrected chi connectivity index (χ3v) is 2.16. The summed E-state index contributed by atoms with van der Waals surface area (Å²) in [6, 6.07) is 0. The lowest BCUT2D eigenvalue weighted by molar-refractivity contribution is 0.0753. The summed E-state index contributed by atoms with van der Waals surface area (Å²) in [5, 5.41) is 15.2. The van der Waals surface area contributed by atoms with E-state index in [0.29, 0.717) is 19.5 Å². The van der Waals surface area contributed by atoms with Crippen LogP contribution in [0.25, 0.3) is 0 Å². The number of β-amino-alcohol motifs (C(OH)–C–C–N with tert-alkyl or cyclic N) is 1. The molecule has 76 valence electrons. The minimum absolute atomic E-state index is 0.0492. The number of amides is 1. The number of aliphatic hydroxyl groups excluding tert-OH is 1. The maximum atomic E-state index is 11.6. The standard InChI is InChI=1S/C7H11N5O2/c8-7-9-5(10-11-7)6(14)12-2-1-4(13)3-12/h4,13H,1-3H2,(H3,8,9,10,11). The number of nitrogens with one attached hydrogen (secondary N) is 1. The van der Waals surface area contributed by atoms with Crippen molar-refractivity contribution in [2.24, 2.45) is 0 Å². The number of H-pyrrole nitrogens is 1. The molecule has 0 aliphatic carbocycles. The Labute approximate surface area is 79.9 Å². The Balaban J connectivity index is 2.09. The van der Waals surface area contributed by atoms with E-state index in [1.165, 1.54) is 4.90 Å². The molecule has 0 spiro atoms. The number of likely N-dealkylation sites (tertiary alicyclic amines) is 1. The molecule has 0 radical (unpaired) electrons. The van der Waals surface area contributed by atoms with Crippen molar-refractivity contribution in [2.45, 2.75) is 12.5 Å². The maximum absolute atomic E-state index is 11.6. The number of hydrogen-bond acceptors (Lipinski definition) is 5. The third kappa shape index (κ3) is 1.53.